The van der Waals surface area contributed by atoms with Crippen molar-refractivity contribution in [3.8, 4) is 0 Å². The standard InChI is InChI=1S/C15H19NO2/c1-12(10-14-8-5-9-16-14)15(17)18-11-13-6-3-2-4-7-13/h2-4,6-7,10,14,16H,5,8-9,11H2,1H3/t14-/m0/s1. The van der Waals surface area contributed by atoms with E-state index < -0.39 is 0 Å². The molecular formula is C15H19NO2. The number of carbonyl (C=O) groups excluding carboxylic acids is 1. The number of hydrogen-bond acceptors (Lipinski definition) is 3. The number of benzene rings is 1. The van der Waals surface area contributed by atoms with E-state index in [9.17, 15) is 4.79 Å². The van der Waals surface area contributed by atoms with Gasteiger partial charge in [0.05, 0.1) is 0 Å². The Morgan fingerprint density at radius 3 is 2.89 bits per heavy atom. The molecule has 96 valence electrons. The second kappa shape index (κ2) is 6.36. The van der Waals surface area contributed by atoms with Gasteiger partial charge < -0.3 is 10.1 Å². The molecule has 0 bridgehead atoms. The van der Waals surface area contributed by atoms with Crippen molar-refractivity contribution in [2.75, 3.05) is 6.54 Å². The summed E-state index contributed by atoms with van der Waals surface area (Å²) in [6.07, 6.45) is 4.25. The van der Waals surface area contributed by atoms with Crippen LogP contribution in [-0.2, 0) is 16.1 Å². The lowest BCUT2D eigenvalue weighted by Gasteiger charge is -2.08. The van der Waals surface area contributed by atoms with Crippen LogP contribution >= 0.6 is 0 Å². The lowest BCUT2D eigenvalue weighted by molar-refractivity contribution is -0.140. The van der Waals surface area contributed by atoms with Gasteiger partial charge in [-0.1, -0.05) is 36.4 Å². The molecule has 3 heteroatoms. The fourth-order valence-electron chi connectivity index (χ4n) is 2.06. The molecule has 1 aromatic rings. The van der Waals surface area contributed by atoms with E-state index in [2.05, 4.69) is 5.32 Å². The van der Waals surface area contributed by atoms with Crippen molar-refractivity contribution in [3.63, 3.8) is 0 Å². The van der Waals surface area contributed by atoms with Crippen LogP contribution < -0.4 is 5.32 Å². The number of nitrogens with one attached hydrogen (secondary N) is 1. The Bertz CT molecular complexity index is 419. The fourth-order valence-corrected chi connectivity index (χ4v) is 2.06. The first kappa shape index (κ1) is 12.8. The monoisotopic (exact) mass is 245 g/mol. The third-order valence-corrected chi connectivity index (χ3v) is 3.08. The van der Waals surface area contributed by atoms with Gasteiger partial charge in [-0.2, -0.15) is 0 Å². The van der Waals surface area contributed by atoms with Crippen LogP contribution in [-0.4, -0.2) is 18.6 Å². The van der Waals surface area contributed by atoms with Crippen LogP contribution in [0.2, 0.25) is 0 Å². The zero-order valence-electron chi connectivity index (χ0n) is 10.7. The van der Waals surface area contributed by atoms with E-state index in [0.29, 0.717) is 18.2 Å². The van der Waals surface area contributed by atoms with E-state index in [0.717, 1.165) is 18.5 Å². The van der Waals surface area contributed by atoms with E-state index in [4.69, 9.17) is 4.74 Å². The van der Waals surface area contributed by atoms with Gasteiger partial charge >= 0.3 is 5.97 Å². The minimum absolute atomic E-state index is 0.229. The summed E-state index contributed by atoms with van der Waals surface area (Å²) < 4.78 is 5.27. The number of carbonyl (C=O) groups is 1. The molecule has 0 unspecified atom stereocenters. The maximum Gasteiger partial charge on any atom is 0.333 e. The molecule has 18 heavy (non-hydrogen) atoms. The maximum absolute atomic E-state index is 11.8. The molecule has 0 spiro atoms. The topological polar surface area (TPSA) is 38.3 Å². The summed E-state index contributed by atoms with van der Waals surface area (Å²) in [6, 6.07) is 10.1. The molecule has 3 nitrogen and oxygen atoms in total. The summed E-state index contributed by atoms with van der Waals surface area (Å²) in [7, 11) is 0. The van der Waals surface area contributed by atoms with E-state index in [1.54, 1.807) is 0 Å². The smallest absolute Gasteiger partial charge is 0.333 e. The highest BCUT2D eigenvalue weighted by atomic mass is 16.5. The van der Waals surface area contributed by atoms with Crippen LogP contribution in [0, 0.1) is 0 Å². The molecule has 2 rings (SSSR count). The molecule has 0 saturated carbocycles. The molecule has 0 radical (unpaired) electrons. The average molecular weight is 245 g/mol. The van der Waals surface area contributed by atoms with Crippen molar-refractivity contribution in [1.82, 2.24) is 5.32 Å². The first-order chi connectivity index (χ1) is 8.75. The highest BCUT2D eigenvalue weighted by Gasteiger charge is 2.14. The summed E-state index contributed by atoms with van der Waals surface area (Å²) >= 11 is 0. The highest BCUT2D eigenvalue weighted by molar-refractivity contribution is 5.87. The van der Waals surface area contributed by atoms with Gasteiger partial charge in [-0.15, -0.1) is 0 Å². The summed E-state index contributed by atoms with van der Waals surface area (Å²) in [5, 5.41) is 3.33. The van der Waals surface area contributed by atoms with E-state index >= 15 is 0 Å². The summed E-state index contributed by atoms with van der Waals surface area (Å²) in [5.74, 6) is -0.229. The minimum Gasteiger partial charge on any atom is -0.457 e. The van der Waals surface area contributed by atoms with Crippen LogP contribution in [0.25, 0.3) is 0 Å². The van der Waals surface area contributed by atoms with Crippen molar-refractivity contribution in [3.05, 3.63) is 47.5 Å². The van der Waals surface area contributed by atoms with Crippen LogP contribution in [0.15, 0.2) is 42.0 Å². The first-order valence-electron chi connectivity index (χ1n) is 6.38. The zero-order chi connectivity index (χ0) is 12.8. The third kappa shape index (κ3) is 3.70. The normalized spacial score (nSPS) is 19.8. The van der Waals surface area contributed by atoms with Gasteiger partial charge in [0, 0.05) is 11.6 Å². The van der Waals surface area contributed by atoms with Crippen LogP contribution in [0.4, 0.5) is 0 Å². The van der Waals surface area contributed by atoms with Gasteiger partial charge in [-0.3, -0.25) is 0 Å². The molecule has 1 aromatic carbocycles. The second-order valence-corrected chi connectivity index (χ2v) is 4.61. The number of ether oxygens (including phenoxy) is 1. The van der Waals surface area contributed by atoms with Crippen molar-refractivity contribution in [2.45, 2.75) is 32.4 Å². The van der Waals surface area contributed by atoms with Crippen molar-refractivity contribution in [2.24, 2.45) is 0 Å². The van der Waals surface area contributed by atoms with Gasteiger partial charge in [0.1, 0.15) is 6.61 Å². The third-order valence-electron chi connectivity index (χ3n) is 3.08. The molecule has 1 heterocycles. The minimum atomic E-state index is -0.229. The summed E-state index contributed by atoms with van der Waals surface area (Å²) in [4.78, 5) is 11.8. The Morgan fingerprint density at radius 2 is 2.22 bits per heavy atom. The molecule has 1 atom stereocenters. The van der Waals surface area contributed by atoms with E-state index in [1.165, 1.54) is 6.42 Å². The molecule has 1 saturated heterocycles. The molecular weight excluding hydrogens is 226 g/mol. The number of hydrogen-bond donors (Lipinski definition) is 1. The van der Waals surface area contributed by atoms with Crippen LogP contribution in [0.5, 0.6) is 0 Å². The fraction of sp³-hybridized carbons (Fsp3) is 0.400. The van der Waals surface area contributed by atoms with Gasteiger partial charge in [-0.25, -0.2) is 4.79 Å². The predicted molar refractivity (Wildman–Crippen MR) is 71.0 cm³/mol. The van der Waals surface area contributed by atoms with E-state index in [-0.39, 0.29) is 5.97 Å². The van der Waals surface area contributed by atoms with Crippen molar-refractivity contribution >= 4 is 5.97 Å². The molecule has 0 amide bonds. The average Bonchev–Trinajstić information content (AvgIpc) is 2.90. The van der Waals surface area contributed by atoms with Crippen LogP contribution in [0.1, 0.15) is 25.3 Å². The Hall–Kier alpha value is -1.61. The van der Waals surface area contributed by atoms with E-state index in [1.807, 2.05) is 43.3 Å². The first-order valence-corrected chi connectivity index (χ1v) is 6.38. The van der Waals surface area contributed by atoms with Crippen molar-refractivity contribution < 1.29 is 9.53 Å². The summed E-state index contributed by atoms with van der Waals surface area (Å²) in [5.41, 5.74) is 1.70. The molecule has 1 aliphatic rings. The molecule has 0 aromatic heterocycles. The second-order valence-electron chi connectivity index (χ2n) is 4.61. The van der Waals surface area contributed by atoms with Gasteiger partial charge in [-0.05, 0) is 31.9 Å². The number of rotatable bonds is 4. The SMILES string of the molecule is CC(=C[C@@H]1CCCN1)C(=O)OCc1ccccc1. The Labute approximate surface area is 108 Å². The Morgan fingerprint density at radius 1 is 1.44 bits per heavy atom. The lowest BCUT2D eigenvalue weighted by Crippen LogP contribution is -2.20. The molecule has 1 aliphatic heterocycles. The number of esters is 1. The summed E-state index contributed by atoms with van der Waals surface area (Å²) in [6.45, 7) is 3.18. The van der Waals surface area contributed by atoms with Crippen molar-refractivity contribution in [1.29, 1.82) is 0 Å². The molecule has 1 fully saturated rings. The maximum atomic E-state index is 11.8. The highest BCUT2D eigenvalue weighted by Crippen LogP contribution is 2.10. The Kier molecular flexibility index (Phi) is 4.53. The molecule has 0 aliphatic carbocycles. The lowest BCUT2D eigenvalue weighted by atomic mass is 10.1. The quantitative estimate of drug-likeness (QED) is 0.654. The van der Waals surface area contributed by atoms with Gasteiger partial charge in [0.25, 0.3) is 0 Å². The van der Waals surface area contributed by atoms with Crippen LogP contribution in [0.3, 0.4) is 0 Å². The molecule has 1 N–H and O–H groups in total. The van der Waals surface area contributed by atoms with Gasteiger partial charge in [0.15, 0.2) is 0 Å². The zero-order valence-corrected chi connectivity index (χ0v) is 10.7. The predicted octanol–water partition coefficient (Wildman–Crippen LogP) is 2.43. The van der Waals surface area contributed by atoms with Gasteiger partial charge in [0.2, 0.25) is 0 Å². The Balaban J connectivity index is 1.84. The largest absolute Gasteiger partial charge is 0.457 e.